The maximum absolute atomic E-state index is 12.9. The third kappa shape index (κ3) is 5.69. The van der Waals surface area contributed by atoms with Crippen LogP contribution in [0, 0.1) is 5.92 Å². The van der Waals surface area contributed by atoms with Crippen molar-refractivity contribution in [3.8, 4) is 0 Å². The SMILES string of the molecule is CN1CCC(CCNC(=O)/C(=C/c2ccccc2Cl)c2ccccc2)CC1. The summed E-state index contributed by atoms with van der Waals surface area (Å²) in [6.45, 7) is 3.01. The van der Waals surface area contributed by atoms with Gasteiger partial charge in [-0.05, 0) is 68.6 Å². The Balaban J connectivity index is 1.69. The number of hydrogen-bond acceptors (Lipinski definition) is 2. The fraction of sp³-hybridized carbons (Fsp3) is 0.348. The molecule has 2 aromatic rings. The Kier molecular flexibility index (Phi) is 7.08. The molecule has 0 bridgehead atoms. The Morgan fingerprint density at radius 3 is 2.48 bits per heavy atom. The van der Waals surface area contributed by atoms with Crippen molar-refractivity contribution < 1.29 is 4.79 Å². The number of likely N-dealkylation sites (tertiary alicyclic amines) is 1. The summed E-state index contributed by atoms with van der Waals surface area (Å²) < 4.78 is 0. The van der Waals surface area contributed by atoms with Crippen molar-refractivity contribution in [3.05, 3.63) is 70.7 Å². The first kappa shape index (κ1) is 19.7. The van der Waals surface area contributed by atoms with E-state index in [0.717, 1.165) is 30.6 Å². The number of carbonyl (C=O) groups is 1. The van der Waals surface area contributed by atoms with Gasteiger partial charge in [-0.1, -0.05) is 60.1 Å². The second-order valence-electron chi connectivity index (χ2n) is 7.24. The third-order valence-corrected chi connectivity index (χ3v) is 5.55. The van der Waals surface area contributed by atoms with E-state index in [2.05, 4.69) is 17.3 Å². The number of amides is 1. The number of benzene rings is 2. The zero-order valence-electron chi connectivity index (χ0n) is 15.8. The van der Waals surface area contributed by atoms with Crippen molar-refractivity contribution in [2.24, 2.45) is 5.92 Å². The number of hydrogen-bond donors (Lipinski definition) is 1. The molecule has 1 heterocycles. The molecule has 1 N–H and O–H groups in total. The summed E-state index contributed by atoms with van der Waals surface area (Å²) in [7, 11) is 2.17. The monoisotopic (exact) mass is 382 g/mol. The van der Waals surface area contributed by atoms with Gasteiger partial charge in [0.25, 0.3) is 5.91 Å². The number of rotatable bonds is 6. The molecule has 0 atom stereocenters. The van der Waals surface area contributed by atoms with E-state index in [4.69, 9.17) is 11.6 Å². The molecule has 1 aliphatic heterocycles. The van der Waals surface area contributed by atoms with Crippen molar-refractivity contribution in [3.63, 3.8) is 0 Å². The molecule has 1 aliphatic rings. The molecule has 1 fully saturated rings. The highest BCUT2D eigenvalue weighted by molar-refractivity contribution is 6.33. The van der Waals surface area contributed by atoms with Crippen molar-refractivity contribution >= 4 is 29.2 Å². The number of nitrogens with one attached hydrogen (secondary N) is 1. The largest absolute Gasteiger partial charge is 0.352 e. The van der Waals surface area contributed by atoms with Crippen LogP contribution in [0.2, 0.25) is 5.02 Å². The van der Waals surface area contributed by atoms with Crippen molar-refractivity contribution in [1.82, 2.24) is 10.2 Å². The molecule has 1 saturated heterocycles. The molecule has 3 nitrogen and oxygen atoms in total. The summed E-state index contributed by atoms with van der Waals surface area (Å²) in [5.41, 5.74) is 2.39. The minimum atomic E-state index is -0.0472. The van der Waals surface area contributed by atoms with Gasteiger partial charge < -0.3 is 10.2 Å². The van der Waals surface area contributed by atoms with Gasteiger partial charge in [0, 0.05) is 17.1 Å². The number of halogens is 1. The first-order valence-corrected chi connectivity index (χ1v) is 9.99. The van der Waals surface area contributed by atoms with Crippen LogP contribution in [0.1, 0.15) is 30.4 Å². The van der Waals surface area contributed by atoms with E-state index in [1.54, 1.807) is 0 Å². The molecule has 3 rings (SSSR count). The molecule has 0 radical (unpaired) electrons. The van der Waals surface area contributed by atoms with E-state index < -0.39 is 0 Å². The molecular weight excluding hydrogens is 356 g/mol. The van der Waals surface area contributed by atoms with Gasteiger partial charge >= 0.3 is 0 Å². The van der Waals surface area contributed by atoms with Crippen LogP contribution in [0.5, 0.6) is 0 Å². The molecule has 0 saturated carbocycles. The van der Waals surface area contributed by atoms with Crippen LogP contribution in [-0.4, -0.2) is 37.5 Å². The van der Waals surface area contributed by atoms with E-state index in [1.165, 1.54) is 12.8 Å². The smallest absolute Gasteiger partial charge is 0.251 e. The lowest BCUT2D eigenvalue weighted by molar-refractivity contribution is -0.115. The molecule has 0 unspecified atom stereocenters. The Hall–Kier alpha value is -2.10. The topological polar surface area (TPSA) is 32.3 Å². The van der Waals surface area contributed by atoms with Gasteiger partial charge in [0.1, 0.15) is 0 Å². The first-order chi connectivity index (χ1) is 13.1. The van der Waals surface area contributed by atoms with E-state index >= 15 is 0 Å². The lowest BCUT2D eigenvalue weighted by Gasteiger charge is -2.28. The summed E-state index contributed by atoms with van der Waals surface area (Å²) in [5, 5.41) is 3.76. The Morgan fingerprint density at radius 1 is 1.11 bits per heavy atom. The molecule has 142 valence electrons. The lowest BCUT2D eigenvalue weighted by atomic mass is 9.94. The molecule has 0 spiro atoms. The van der Waals surface area contributed by atoms with E-state index in [0.29, 0.717) is 23.1 Å². The summed E-state index contributed by atoms with van der Waals surface area (Å²) in [5.74, 6) is 0.656. The average molecular weight is 383 g/mol. The minimum absolute atomic E-state index is 0.0472. The Bertz CT molecular complexity index is 780. The molecule has 1 amide bonds. The summed E-state index contributed by atoms with van der Waals surface area (Å²) >= 11 is 6.30. The molecule has 4 heteroatoms. The third-order valence-electron chi connectivity index (χ3n) is 5.21. The van der Waals surface area contributed by atoms with Gasteiger partial charge in [0.05, 0.1) is 0 Å². The maximum atomic E-state index is 12.9. The van der Waals surface area contributed by atoms with E-state index in [-0.39, 0.29) is 5.91 Å². The summed E-state index contributed by atoms with van der Waals surface area (Å²) in [4.78, 5) is 15.3. The second kappa shape index (κ2) is 9.72. The van der Waals surface area contributed by atoms with E-state index in [1.807, 2.05) is 60.7 Å². The summed E-state index contributed by atoms with van der Waals surface area (Å²) in [6, 6.07) is 17.4. The predicted octanol–water partition coefficient (Wildman–Crippen LogP) is 4.73. The highest BCUT2D eigenvalue weighted by Crippen LogP contribution is 2.24. The highest BCUT2D eigenvalue weighted by atomic mass is 35.5. The fourth-order valence-corrected chi connectivity index (χ4v) is 3.67. The van der Waals surface area contributed by atoms with Crippen LogP contribution in [0.4, 0.5) is 0 Å². The molecule has 0 aromatic heterocycles. The van der Waals surface area contributed by atoms with E-state index in [9.17, 15) is 4.79 Å². The fourth-order valence-electron chi connectivity index (χ4n) is 3.48. The van der Waals surface area contributed by atoms with Crippen LogP contribution in [0.3, 0.4) is 0 Å². The zero-order valence-corrected chi connectivity index (χ0v) is 16.6. The molecular formula is C23H27ClN2O. The summed E-state index contributed by atoms with van der Waals surface area (Å²) in [6.07, 6.45) is 5.34. The van der Waals surface area contributed by atoms with Crippen molar-refractivity contribution in [2.75, 3.05) is 26.7 Å². The lowest BCUT2D eigenvalue weighted by Crippen LogP contribution is -2.33. The number of nitrogens with zero attached hydrogens (tertiary/aromatic N) is 1. The minimum Gasteiger partial charge on any atom is -0.352 e. The van der Waals surface area contributed by atoms with Gasteiger partial charge in [-0.2, -0.15) is 0 Å². The Labute approximate surface area is 167 Å². The second-order valence-corrected chi connectivity index (χ2v) is 7.64. The van der Waals surface area contributed by atoms with Crippen LogP contribution in [-0.2, 0) is 4.79 Å². The van der Waals surface area contributed by atoms with Gasteiger partial charge in [-0.25, -0.2) is 0 Å². The van der Waals surface area contributed by atoms with Crippen LogP contribution in [0.25, 0.3) is 11.6 Å². The van der Waals surface area contributed by atoms with Crippen LogP contribution < -0.4 is 5.32 Å². The average Bonchev–Trinajstić information content (AvgIpc) is 2.69. The van der Waals surface area contributed by atoms with Crippen molar-refractivity contribution in [2.45, 2.75) is 19.3 Å². The zero-order chi connectivity index (χ0) is 19.1. The first-order valence-electron chi connectivity index (χ1n) is 9.62. The quantitative estimate of drug-likeness (QED) is 0.578. The number of carbonyl (C=O) groups excluding carboxylic acids is 1. The standard InChI is InChI=1S/C23H27ClN2O/c1-26-15-12-18(13-16-26)11-14-25-23(27)21(19-7-3-2-4-8-19)17-20-9-5-6-10-22(20)24/h2-10,17-18H,11-16H2,1H3,(H,25,27)/b21-17+. The maximum Gasteiger partial charge on any atom is 0.251 e. The molecule has 0 aliphatic carbocycles. The van der Waals surface area contributed by atoms with Crippen LogP contribution >= 0.6 is 11.6 Å². The van der Waals surface area contributed by atoms with Gasteiger partial charge in [-0.3, -0.25) is 4.79 Å². The predicted molar refractivity (Wildman–Crippen MR) is 114 cm³/mol. The van der Waals surface area contributed by atoms with Gasteiger partial charge in [0.15, 0.2) is 0 Å². The highest BCUT2D eigenvalue weighted by Gasteiger charge is 2.17. The molecule has 2 aromatic carbocycles. The normalized spacial score (nSPS) is 16.3. The number of piperidine rings is 1. The van der Waals surface area contributed by atoms with Gasteiger partial charge in [-0.15, -0.1) is 0 Å². The van der Waals surface area contributed by atoms with Crippen LogP contribution in [0.15, 0.2) is 54.6 Å². The van der Waals surface area contributed by atoms with Crippen molar-refractivity contribution in [1.29, 1.82) is 0 Å². The Morgan fingerprint density at radius 2 is 1.78 bits per heavy atom. The van der Waals surface area contributed by atoms with Gasteiger partial charge in [0.2, 0.25) is 0 Å². The molecule has 27 heavy (non-hydrogen) atoms.